The lowest BCUT2D eigenvalue weighted by Crippen LogP contribution is -2.00. The van der Waals surface area contributed by atoms with E-state index in [1.165, 1.54) is 0 Å². The van der Waals surface area contributed by atoms with Crippen LogP contribution < -0.4 is 5.73 Å². The van der Waals surface area contributed by atoms with Gasteiger partial charge in [-0.3, -0.25) is 0 Å². The molecule has 1 aromatic heterocycles. The molecule has 2 heteroatoms. The van der Waals surface area contributed by atoms with Crippen LogP contribution >= 0.6 is 0 Å². The maximum Gasteiger partial charge on any atom is 0.126 e. The van der Waals surface area contributed by atoms with Gasteiger partial charge in [-0.05, 0) is 43.7 Å². The Morgan fingerprint density at radius 1 is 1.69 bits per heavy atom. The summed E-state index contributed by atoms with van der Waals surface area (Å²) in [6.45, 7) is 6.59. The molecule has 1 rings (SSSR count). The Morgan fingerprint density at radius 3 is 3.00 bits per heavy atom. The van der Waals surface area contributed by atoms with Gasteiger partial charge in [-0.2, -0.15) is 0 Å². The zero-order chi connectivity index (χ0) is 9.68. The van der Waals surface area contributed by atoms with E-state index in [1.807, 2.05) is 25.1 Å². The number of furan rings is 1. The Morgan fingerprint density at radius 2 is 2.46 bits per heavy atom. The van der Waals surface area contributed by atoms with Crippen LogP contribution in [-0.4, -0.2) is 6.54 Å². The third-order valence-corrected chi connectivity index (χ3v) is 1.91. The second-order valence-electron chi connectivity index (χ2n) is 2.98. The van der Waals surface area contributed by atoms with Gasteiger partial charge in [-0.15, -0.1) is 0 Å². The smallest absolute Gasteiger partial charge is 0.126 e. The summed E-state index contributed by atoms with van der Waals surface area (Å²) in [5, 5.41) is 0. The first-order valence-corrected chi connectivity index (χ1v) is 4.34. The Labute approximate surface area is 78.7 Å². The highest BCUT2D eigenvalue weighted by Gasteiger charge is 1.97. The summed E-state index contributed by atoms with van der Waals surface area (Å²) in [5.41, 5.74) is 7.62. The molecule has 70 valence electrons. The van der Waals surface area contributed by atoms with Crippen molar-refractivity contribution in [1.29, 1.82) is 0 Å². The second-order valence-corrected chi connectivity index (χ2v) is 2.98. The van der Waals surface area contributed by atoms with Crippen molar-refractivity contribution in [3.05, 3.63) is 41.9 Å². The second kappa shape index (κ2) is 4.67. The summed E-state index contributed by atoms with van der Waals surface area (Å²) in [4.78, 5) is 0. The summed E-state index contributed by atoms with van der Waals surface area (Å²) in [6, 6.07) is 3.78. The maximum atomic E-state index is 5.43. The quantitative estimate of drug-likeness (QED) is 0.718. The van der Waals surface area contributed by atoms with Gasteiger partial charge in [-0.25, -0.2) is 0 Å². The topological polar surface area (TPSA) is 39.2 Å². The van der Waals surface area contributed by atoms with Crippen LogP contribution in [0.5, 0.6) is 0 Å². The molecule has 0 aliphatic heterocycles. The van der Waals surface area contributed by atoms with E-state index in [1.54, 1.807) is 6.26 Å². The summed E-state index contributed by atoms with van der Waals surface area (Å²) in [6.07, 6.45) is 4.46. The number of nitrogens with two attached hydrogens (primary N) is 1. The van der Waals surface area contributed by atoms with Crippen molar-refractivity contribution in [3.63, 3.8) is 0 Å². The van der Waals surface area contributed by atoms with E-state index in [2.05, 4.69) is 6.58 Å². The molecule has 0 atom stereocenters. The molecule has 2 N–H and O–H groups in total. The van der Waals surface area contributed by atoms with Crippen LogP contribution in [0.25, 0.3) is 6.08 Å². The highest BCUT2D eigenvalue weighted by molar-refractivity contribution is 5.52. The third kappa shape index (κ3) is 2.92. The highest BCUT2D eigenvalue weighted by Crippen LogP contribution is 2.14. The molecular formula is C11H15NO. The van der Waals surface area contributed by atoms with E-state index in [-0.39, 0.29) is 0 Å². The lowest BCUT2D eigenvalue weighted by Gasteiger charge is -2.02. The predicted octanol–water partition coefficient (Wildman–Crippen LogP) is 2.59. The molecule has 0 aromatic carbocycles. The lowest BCUT2D eigenvalue weighted by atomic mass is 10.1. The van der Waals surface area contributed by atoms with Gasteiger partial charge >= 0.3 is 0 Å². The largest absolute Gasteiger partial charge is 0.465 e. The summed E-state index contributed by atoms with van der Waals surface area (Å²) >= 11 is 0. The first-order chi connectivity index (χ1) is 6.24. The zero-order valence-corrected chi connectivity index (χ0v) is 7.92. The average Bonchev–Trinajstić information content (AvgIpc) is 2.57. The molecule has 0 spiro atoms. The van der Waals surface area contributed by atoms with Crippen molar-refractivity contribution < 1.29 is 4.42 Å². The van der Waals surface area contributed by atoms with E-state index >= 15 is 0 Å². The molecule has 1 aromatic rings. The predicted molar refractivity (Wildman–Crippen MR) is 55.2 cm³/mol. The molecule has 0 bridgehead atoms. The van der Waals surface area contributed by atoms with Gasteiger partial charge in [-0.1, -0.05) is 12.2 Å². The van der Waals surface area contributed by atoms with Crippen molar-refractivity contribution in [2.24, 2.45) is 5.73 Å². The Hall–Kier alpha value is -1.28. The van der Waals surface area contributed by atoms with E-state index in [9.17, 15) is 0 Å². The van der Waals surface area contributed by atoms with Crippen LogP contribution in [0.1, 0.15) is 19.1 Å². The van der Waals surface area contributed by atoms with E-state index < -0.39 is 0 Å². The van der Waals surface area contributed by atoms with Gasteiger partial charge in [0.05, 0.1) is 6.26 Å². The Kier molecular flexibility index (Phi) is 3.53. The van der Waals surface area contributed by atoms with Crippen molar-refractivity contribution >= 4 is 6.08 Å². The van der Waals surface area contributed by atoms with Gasteiger partial charge in [0.1, 0.15) is 5.76 Å². The van der Waals surface area contributed by atoms with Crippen LogP contribution in [0.2, 0.25) is 0 Å². The fraction of sp³-hybridized carbons (Fsp3) is 0.273. The number of allylic oxidation sites excluding steroid dienone is 1. The number of hydrogen-bond acceptors (Lipinski definition) is 2. The Balaban J connectivity index is 2.66. The van der Waals surface area contributed by atoms with Gasteiger partial charge < -0.3 is 10.2 Å². The molecule has 1 heterocycles. The Bertz CT molecular complexity index is 296. The normalized spacial score (nSPS) is 11.7. The summed E-state index contributed by atoms with van der Waals surface area (Å²) < 4.78 is 5.18. The zero-order valence-electron chi connectivity index (χ0n) is 7.92. The van der Waals surface area contributed by atoms with E-state index in [0.29, 0.717) is 6.54 Å². The molecule has 0 aliphatic carbocycles. The first kappa shape index (κ1) is 9.81. The number of hydrogen-bond donors (Lipinski definition) is 1. The lowest BCUT2D eigenvalue weighted by molar-refractivity contribution is 0.556. The molecule has 0 saturated carbocycles. The summed E-state index contributed by atoms with van der Waals surface area (Å²) in [7, 11) is 0. The molecular weight excluding hydrogens is 162 g/mol. The van der Waals surface area contributed by atoms with E-state index in [4.69, 9.17) is 10.2 Å². The standard InChI is InChI=1S/C11H15NO/c1-9(5-6-12)10(2)8-11-4-3-7-13-11/h3-4,7-8H,1,5-6,12H2,2H3/b10-8+. The van der Waals surface area contributed by atoms with Crippen molar-refractivity contribution in [1.82, 2.24) is 0 Å². The van der Waals surface area contributed by atoms with Gasteiger partial charge in [0.2, 0.25) is 0 Å². The molecule has 0 aliphatic rings. The molecule has 0 unspecified atom stereocenters. The van der Waals surface area contributed by atoms with Crippen LogP contribution in [0.15, 0.2) is 40.5 Å². The van der Waals surface area contributed by atoms with E-state index in [0.717, 1.165) is 23.3 Å². The molecule has 0 amide bonds. The van der Waals surface area contributed by atoms with Crippen molar-refractivity contribution in [2.75, 3.05) is 6.54 Å². The first-order valence-electron chi connectivity index (χ1n) is 4.34. The third-order valence-electron chi connectivity index (χ3n) is 1.91. The van der Waals surface area contributed by atoms with Crippen molar-refractivity contribution in [3.8, 4) is 0 Å². The molecule has 0 fully saturated rings. The molecule has 2 nitrogen and oxygen atoms in total. The number of rotatable bonds is 4. The molecule has 0 radical (unpaired) electrons. The fourth-order valence-electron chi connectivity index (χ4n) is 1.06. The molecule has 0 saturated heterocycles. The van der Waals surface area contributed by atoms with Crippen LogP contribution in [-0.2, 0) is 0 Å². The van der Waals surface area contributed by atoms with Crippen LogP contribution in [0.3, 0.4) is 0 Å². The SMILES string of the molecule is C=C(CCN)/C(C)=C/c1ccco1. The highest BCUT2D eigenvalue weighted by atomic mass is 16.3. The van der Waals surface area contributed by atoms with Gasteiger partial charge in [0, 0.05) is 0 Å². The average molecular weight is 177 g/mol. The minimum absolute atomic E-state index is 0.641. The maximum absolute atomic E-state index is 5.43. The minimum Gasteiger partial charge on any atom is -0.465 e. The molecule has 13 heavy (non-hydrogen) atoms. The van der Waals surface area contributed by atoms with Crippen LogP contribution in [0, 0.1) is 0 Å². The van der Waals surface area contributed by atoms with Gasteiger partial charge in [0.15, 0.2) is 0 Å². The monoisotopic (exact) mass is 177 g/mol. The van der Waals surface area contributed by atoms with Crippen molar-refractivity contribution in [2.45, 2.75) is 13.3 Å². The minimum atomic E-state index is 0.641. The van der Waals surface area contributed by atoms with Crippen LogP contribution in [0.4, 0.5) is 0 Å². The fourth-order valence-corrected chi connectivity index (χ4v) is 1.06. The van der Waals surface area contributed by atoms with Gasteiger partial charge in [0.25, 0.3) is 0 Å². The summed E-state index contributed by atoms with van der Waals surface area (Å²) in [5.74, 6) is 0.857.